The molecule has 0 atom stereocenters. The lowest BCUT2D eigenvalue weighted by Gasteiger charge is -2.22. The quantitative estimate of drug-likeness (QED) is 0.851. The number of nitrogens with one attached hydrogen (secondary N) is 2. The summed E-state index contributed by atoms with van der Waals surface area (Å²) in [7, 11) is 0. The maximum absolute atomic E-state index is 12.4. The van der Waals surface area contributed by atoms with Crippen molar-refractivity contribution in [1.82, 2.24) is 10.1 Å². The van der Waals surface area contributed by atoms with Gasteiger partial charge in [-0.25, -0.2) is 4.79 Å². The van der Waals surface area contributed by atoms with Crippen LogP contribution in [0.15, 0.2) is 34.9 Å². The number of carbonyl (C=O) groups excluding carboxylic acids is 2. The first kappa shape index (κ1) is 17.5. The van der Waals surface area contributed by atoms with E-state index in [1.165, 1.54) is 4.90 Å². The Bertz CT molecular complexity index is 711. The van der Waals surface area contributed by atoms with Crippen LogP contribution in [0.1, 0.15) is 24.7 Å². The second-order valence-electron chi connectivity index (χ2n) is 5.59. The van der Waals surface area contributed by atoms with Gasteiger partial charge in [-0.3, -0.25) is 4.79 Å². The second kappa shape index (κ2) is 8.14. The Morgan fingerprint density at radius 2 is 2.00 bits per heavy atom. The SMILES string of the molecule is CCCN(CC(=O)Nc1cc(C)on1)C(=O)Nc1cccc(C)c1. The minimum Gasteiger partial charge on any atom is -0.360 e. The van der Waals surface area contributed by atoms with Gasteiger partial charge in [0.05, 0.1) is 0 Å². The molecule has 1 aromatic carbocycles. The lowest BCUT2D eigenvalue weighted by atomic mass is 10.2. The largest absolute Gasteiger partial charge is 0.360 e. The summed E-state index contributed by atoms with van der Waals surface area (Å²) < 4.78 is 4.90. The molecule has 0 aliphatic carbocycles. The number of carbonyl (C=O) groups is 2. The van der Waals surface area contributed by atoms with E-state index in [0.717, 1.165) is 12.0 Å². The van der Waals surface area contributed by atoms with Crippen LogP contribution in [0.25, 0.3) is 0 Å². The van der Waals surface area contributed by atoms with Crippen molar-refractivity contribution in [2.45, 2.75) is 27.2 Å². The Hall–Kier alpha value is -2.83. The number of anilines is 2. The molecule has 3 amide bonds. The number of aryl methyl sites for hydroxylation is 2. The molecule has 0 aliphatic rings. The molecule has 0 bridgehead atoms. The average Bonchev–Trinajstić information content (AvgIpc) is 2.91. The van der Waals surface area contributed by atoms with Crippen molar-refractivity contribution in [3.63, 3.8) is 0 Å². The van der Waals surface area contributed by atoms with Gasteiger partial charge in [0.1, 0.15) is 12.3 Å². The molecule has 2 rings (SSSR count). The monoisotopic (exact) mass is 330 g/mol. The summed E-state index contributed by atoms with van der Waals surface area (Å²) in [4.78, 5) is 26.0. The van der Waals surface area contributed by atoms with E-state index in [1.807, 2.05) is 38.1 Å². The summed E-state index contributed by atoms with van der Waals surface area (Å²) >= 11 is 0. The zero-order chi connectivity index (χ0) is 17.5. The molecule has 2 N–H and O–H groups in total. The van der Waals surface area contributed by atoms with Crippen molar-refractivity contribution >= 4 is 23.4 Å². The molecule has 7 nitrogen and oxygen atoms in total. The Kier molecular flexibility index (Phi) is 5.95. The third kappa shape index (κ3) is 5.12. The number of hydrogen-bond acceptors (Lipinski definition) is 4. The predicted octanol–water partition coefficient (Wildman–Crippen LogP) is 3.17. The molecule has 0 saturated heterocycles. The van der Waals surface area contributed by atoms with E-state index in [9.17, 15) is 9.59 Å². The van der Waals surface area contributed by atoms with Gasteiger partial charge in [-0.15, -0.1) is 0 Å². The zero-order valence-electron chi connectivity index (χ0n) is 14.1. The average molecular weight is 330 g/mol. The summed E-state index contributed by atoms with van der Waals surface area (Å²) in [5.41, 5.74) is 1.75. The number of aromatic nitrogens is 1. The molecule has 128 valence electrons. The van der Waals surface area contributed by atoms with Crippen molar-refractivity contribution in [1.29, 1.82) is 0 Å². The van der Waals surface area contributed by atoms with Crippen LogP contribution in [-0.4, -0.2) is 35.1 Å². The van der Waals surface area contributed by atoms with E-state index in [2.05, 4.69) is 15.8 Å². The highest BCUT2D eigenvalue weighted by Gasteiger charge is 2.17. The maximum Gasteiger partial charge on any atom is 0.322 e. The highest BCUT2D eigenvalue weighted by atomic mass is 16.5. The number of nitrogens with zero attached hydrogens (tertiary/aromatic N) is 2. The third-order valence-corrected chi connectivity index (χ3v) is 3.28. The summed E-state index contributed by atoms with van der Waals surface area (Å²) in [6.45, 7) is 6.06. The van der Waals surface area contributed by atoms with Crippen LogP contribution < -0.4 is 10.6 Å². The van der Waals surface area contributed by atoms with Crippen LogP contribution in [0.3, 0.4) is 0 Å². The number of amides is 3. The van der Waals surface area contributed by atoms with Gasteiger partial charge in [0.15, 0.2) is 5.82 Å². The summed E-state index contributed by atoms with van der Waals surface area (Å²) in [5, 5.41) is 9.13. The van der Waals surface area contributed by atoms with Gasteiger partial charge in [-0.2, -0.15) is 0 Å². The highest BCUT2D eigenvalue weighted by molar-refractivity contribution is 5.96. The van der Waals surface area contributed by atoms with Gasteiger partial charge < -0.3 is 20.1 Å². The predicted molar refractivity (Wildman–Crippen MR) is 91.9 cm³/mol. The molecule has 0 radical (unpaired) electrons. The number of urea groups is 1. The Labute approximate surface area is 141 Å². The molecule has 1 heterocycles. The minimum absolute atomic E-state index is 0.0581. The molecule has 0 aliphatic heterocycles. The molecule has 0 fully saturated rings. The van der Waals surface area contributed by atoms with Crippen LogP contribution in [0.4, 0.5) is 16.3 Å². The lowest BCUT2D eigenvalue weighted by molar-refractivity contribution is -0.116. The molecule has 2 aromatic rings. The van der Waals surface area contributed by atoms with Gasteiger partial charge in [0.2, 0.25) is 5.91 Å². The lowest BCUT2D eigenvalue weighted by Crippen LogP contribution is -2.41. The Morgan fingerprint density at radius 1 is 1.21 bits per heavy atom. The fourth-order valence-corrected chi connectivity index (χ4v) is 2.23. The van der Waals surface area contributed by atoms with Crippen molar-refractivity contribution in [3.8, 4) is 0 Å². The van der Waals surface area contributed by atoms with Crippen LogP contribution >= 0.6 is 0 Å². The molecule has 24 heavy (non-hydrogen) atoms. The normalized spacial score (nSPS) is 10.3. The van der Waals surface area contributed by atoms with Gasteiger partial charge >= 0.3 is 6.03 Å². The third-order valence-electron chi connectivity index (χ3n) is 3.28. The Balaban J connectivity index is 1.97. The van der Waals surface area contributed by atoms with E-state index in [4.69, 9.17) is 4.52 Å². The molecule has 1 aromatic heterocycles. The molecule has 0 spiro atoms. The molecule has 0 unspecified atom stereocenters. The fourth-order valence-electron chi connectivity index (χ4n) is 2.23. The highest BCUT2D eigenvalue weighted by Crippen LogP contribution is 2.11. The number of benzene rings is 1. The first-order valence-corrected chi connectivity index (χ1v) is 7.83. The zero-order valence-corrected chi connectivity index (χ0v) is 14.1. The number of hydrogen-bond donors (Lipinski definition) is 2. The Morgan fingerprint density at radius 3 is 2.62 bits per heavy atom. The van der Waals surface area contributed by atoms with E-state index in [0.29, 0.717) is 23.8 Å². The van der Waals surface area contributed by atoms with Gasteiger partial charge in [-0.05, 0) is 38.0 Å². The molecular formula is C17H22N4O3. The minimum atomic E-state index is -0.323. The van der Waals surface area contributed by atoms with Crippen LogP contribution in [-0.2, 0) is 4.79 Å². The van der Waals surface area contributed by atoms with Crippen molar-refractivity contribution < 1.29 is 14.1 Å². The summed E-state index contributed by atoms with van der Waals surface area (Å²) in [6.07, 6.45) is 0.748. The fraction of sp³-hybridized carbons (Fsp3) is 0.353. The first-order valence-electron chi connectivity index (χ1n) is 7.83. The van der Waals surface area contributed by atoms with Crippen LogP contribution in [0.2, 0.25) is 0 Å². The smallest absolute Gasteiger partial charge is 0.322 e. The first-order chi connectivity index (χ1) is 11.5. The molecule has 0 saturated carbocycles. The summed E-state index contributed by atoms with van der Waals surface area (Å²) in [5.74, 6) is 0.622. The van der Waals surface area contributed by atoms with E-state index in [-0.39, 0.29) is 18.5 Å². The standard InChI is InChI=1S/C17H22N4O3/c1-4-8-21(11-16(22)19-15-10-13(3)24-20-15)17(23)18-14-7-5-6-12(2)9-14/h5-7,9-10H,4,8,11H2,1-3H3,(H,18,23)(H,19,20,22). The van der Waals surface area contributed by atoms with Gasteiger partial charge in [0, 0.05) is 18.3 Å². The van der Waals surface area contributed by atoms with Crippen LogP contribution in [0.5, 0.6) is 0 Å². The van der Waals surface area contributed by atoms with Crippen molar-refractivity contribution in [2.24, 2.45) is 0 Å². The van der Waals surface area contributed by atoms with Gasteiger partial charge in [-0.1, -0.05) is 24.2 Å². The van der Waals surface area contributed by atoms with Crippen molar-refractivity contribution in [2.75, 3.05) is 23.7 Å². The maximum atomic E-state index is 12.4. The van der Waals surface area contributed by atoms with E-state index < -0.39 is 0 Å². The molecule has 7 heteroatoms. The molecular weight excluding hydrogens is 308 g/mol. The summed E-state index contributed by atoms with van der Waals surface area (Å²) in [6, 6.07) is 8.82. The van der Waals surface area contributed by atoms with E-state index in [1.54, 1.807) is 13.0 Å². The van der Waals surface area contributed by atoms with E-state index >= 15 is 0 Å². The topological polar surface area (TPSA) is 87.5 Å². The van der Waals surface area contributed by atoms with Gasteiger partial charge in [0.25, 0.3) is 0 Å². The van der Waals surface area contributed by atoms with Crippen LogP contribution in [0, 0.1) is 13.8 Å². The second-order valence-corrected chi connectivity index (χ2v) is 5.59. The number of rotatable bonds is 6. The van der Waals surface area contributed by atoms with Crippen molar-refractivity contribution in [3.05, 3.63) is 41.7 Å².